The van der Waals surface area contributed by atoms with E-state index >= 15 is 0 Å². The Morgan fingerprint density at radius 2 is 2.21 bits per heavy atom. The molecule has 0 aliphatic carbocycles. The zero-order valence-electron chi connectivity index (χ0n) is 10.8. The van der Waals surface area contributed by atoms with E-state index in [1.54, 1.807) is 11.0 Å². The molecule has 1 amide bonds. The van der Waals surface area contributed by atoms with Gasteiger partial charge in [0.15, 0.2) is 0 Å². The van der Waals surface area contributed by atoms with Crippen molar-refractivity contribution in [2.75, 3.05) is 6.54 Å². The van der Waals surface area contributed by atoms with Crippen LogP contribution in [0.4, 0.5) is 5.69 Å². The highest BCUT2D eigenvalue weighted by Gasteiger charge is 2.21. The van der Waals surface area contributed by atoms with Gasteiger partial charge in [-0.25, -0.2) is 0 Å². The van der Waals surface area contributed by atoms with E-state index in [4.69, 9.17) is 11.6 Å². The Labute approximate surface area is 116 Å². The summed E-state index contributed by atoms with van der Waals surface area (Å²) in [5.41, 5.74) is -0.0264. The maximum atomic E-state index is 12.3. The third-order valence-corrected chi connectivity index (χ3v) is 2.92. The summed E-state index contributed by atoms with van der Waals surface area (Å²) < 4.78 is 0. The lowest BCUT2D eigenvalue weighted by molar-refractivity contribution is -0.384. The highest BCUT2D eigenvalue weighted by atomic mass is 35.5. The molecule has 0 unspecified atom stereocenters. The van der Waals surface area contributed by atoms with Gasteiger partial charge in [-0.15, -0.1) is 6.58 Å². The summed E-state index contributed by atoms with van der Waals surface area (Å²) >= 11 is 5.72. The molecule has 0 heterocycles. The van der Waals surface area contributed by atoms with Crippen LogP contribution in [-0.2, 0) is 0 Å². The van der Waals surface area contributed by atoms with E-state index in [0.717, 1.165) is 0 Å². The molecule has 0 spiro atoms. The second-order valence-electron chi connectivity index (χ2n) is 4.26. The molecule has 6 heteroatoms. The van der Waals surface area contributed by atoms with Crippen LogP contribution in [0.25, 0.3) is 0 Å². The van der Waals surface area contributed by atoms with Gasteiger partial charge in [-0.05, 0) is 26.0 Å². The lowest BCUT2D eigenvalue weighted by Gasteiger charge is -2.25. The van der Waals surface area contributed by atoms with Crippen LogP contribution in [0.2, 0.25) is 5.02 Å². The summed E-state index contributed by atoms with van der Waals surface area (Å²) in [5, 5.41) is 10.8. The van der Waals surface area contributed by atoms with Gasteiger partial charge in [-0.2, -0.15) is 0 Å². The standard InChI is InChI=1S/C13H15ClN2O3/c1-4-7-15(9(2)3)13(17)10-5-6-11(14)12(8-10)16(18)19/h4-6,8-9H,1,7H2,2-3H3. The van der Waals surface area contributed by atoms with Gasteiger partial charge in [0.1, 0.15) is 5.02 Å². The number of nitro benzene ring substituents is 1. The molecule has 19 heavy (non-hydrogen) atoms. The van der Waals surface area contributed by atoms with Crippen LogP contribution in [-0.4, -0.2) is 28.3 Å². The van der Waals surface area contributed by atoms with Gasteiger partial charge in [0.2, 0.25) is 0 Å². The Hall–Kier alpha value is -1.88. The minimum absolute atomic E-state index is 0.0152. The Balaban J connectivity index is 3.15. The molecule has 0 fully saturated rings. The Kier molecular flexibility index (Phi) is 5.06. The third kappa shape index (κ3) is 3.54. The van der Waals surface area contributed by atoms with Crippen LogP contribution in [0, 0.1) is 10.1 Å². The number of hydrogen-bond donors (Lipinski definition) is 0. The van der Waals surface area contributed by atoms with Gasteiger partial charge in [-0.1, -0.05) is 17.7 Å². The first-order chi connectivity index (χ1) is 8.88. The second kappa shape index (κ2) is 6.33. The number of nitro groups is 1. The van der Waals surface area contributed by atoms with E-state index in [1.807, 2.05) is 13.8 Å². The van der Waals surface area contributed by atoms with Crippen LogP contribution in [0.1, 0.15) is 24.2 Å². The zero-order chi connectivity index (χ0) is 14.6. The molecule has 102 valence electrons. The first-order valence-electron chi connectivity index (χ1n) is 5.74. The van der Waals surface area contributed by atoms with Crippen LogP contribution >= 0.6 is 11.6 Å². The van der Waals surface area contributed by atoms with E-state index in [0.29, 0.717) is 6.54 Å². The van der Waals surface area contributed by atoms with E-state index in [1.165, 1.54) is 18.2 Å². The van der Waals surface area contributed by atoms with Gasteiger partial charge < -0.3 is 4.90 Å². The zero-order valence-corrected chi connectivity index (χ0v) is 11.6. The molecule has 0 aromatic heterocycles. The molecule has 0 radical (unpaired) electrons. The molecular formula is C13H15ClN2O3. The average molecular weight is 283 g/mol. The van der Waals surface area contributed by atoms with Gasteiger partial charge in [0.05, 0.1) is 4.92 Å². The number of rotatable bonds is 5. The largest absolute Gasteiger partial charge is 0.333 e. The van der Waals surface area contributed by atoms with Crippen molar-refractivity contribution in [2.45, 2.75) is 19.9 Å². The molecule has 0 atom stereocenters. The third-order valence-electron chi connectivity index (χ3n) is 2.60. The van der Waals surface area contributed by atoms with Crippen molar-refractivity contribution in [3.8, 4) is 0 Å². The van der Waals surface area contributed by atoms with E-state index in [2.05, 4.69) is 6.58 Å². The highest BCUT2D eigenvalue weighted by Crippen LogP contribution is 2.25. The molecule has 0 bridgehead atoms. The average Bonchev–Trinajstić information content (AvgIpc) is 2.35. The topological polar surface area (TPSA) is 63.5 Å². The number of benzene rings is 1. The van der Waals surface area contributed by atoms with Crippen LogP contribution in [0.5, 0.6) is 0 Å². The molecule has 1 rings (SSSR count). The number of amides is 1. The van der Waals surface area contributed by atoms with Crippen LogP contribution < -0.4 is 0 Å². The molecule has 0 aliphatic heterocycles. The molecule has 1 aromatic rings. The van der Waals surface area contributed by atoms with Crippen molar-refractivity contribution in [3.63, 3.8) is 0 Å². The molecular weight excluding hydrogens is 268 g/mol. The Morgan fingerprint density at radius 3 is 2.68 bits per heavy atom. The van der Waals surface area contributed by atoms with Crippen molar-refractivity contribution < 1.29 is 9.72 Å². The number of hydrogen-bond acceptors (Lipinski definition) is 3. The Morgan fingerprint density at radius 1 is 1.58 bits per heavy atom. The summed E-state index contributed by atoms with van der Waals surface area (Å²) in [5.74, 6) is -0.283. The fourth-order valence-corrected chi connectivity index (χ4v) is 1.81. The predicted octanol–water partition coefficient (Wildman–Crippen LogP) is 3.28. The SMILES string of the molecule is C=CCN(C(=O)c1ccc(Cl)c([N+](=O)[O-])c1)C(C)C. The van der Waals surface area contributed by atoms with Gasteiger partial charge in [-0.3, -0.25) is 14.9 Å². The minimum atomic E-state index is -0.605. The van der Waals surface area contributed by atoms with Gasteiger partial charge in [0.25, 0.3) is 11.6 Å². The van der Waals surface area contributed by atoms with Gasteiger partial charge in [0, 0.05) is 24.2 Å². The molecule has 0 saturated carbocycles. The smallest absolute Gasteiger partial charge is 0.288 e. The molecule has 0 aliphatic rings. The normalized spacial score (nSPS) is 10.3. The lowest BCUT2D eigenvalue weighted by Crippen LogP contribution is -2.37. The van der Waals surface area contributed by atoms with Crippen molar-refractivity contribution in [2.24, 2.45) is 0 Å². The summed E-state index contributed by atoms with van der Waals surface area (Å²) in [6, 6.07) is 4.01. The monoisotopic (exact) mass is 282 g/mol. The maximum Gasteiger partial charge on any atom is 0.288 e. The lowest BCUT2D eigenvalue weighted by atomic mass is 10.1. The van der Waals surface area contributed by atoms with Crippen LogP contribution in [0.15, 0.2) is 30.9 Å². The highest BCUT2D eigenvalue weighted by molar-refractivity contribution is 6.32. The first-order valence-corrected chi connectivity index (χ1v) is 6.12. The van der Waals surface area contributed by atoms with Gasteiger partial charge >= 0.3 is 0 Å². The minimum Gasteiger partial charge on any atom is -0.333 e. The summed E-state index contributed by atoms with van der Waals surface area (Å²) in [7, 11) is 0. The van der Waals surface area contributed by atoms with Crippen molar-refractivity contribution in [1.29, 1.82) is 0 Å². The number of carbonyl (C=O) groups is 1. The molecule has 5 nitrogen and oxygen atoms in total. The summed E-state index contributed by atoms with van der Waals surface area (Å²) in [6.07, 6.45) is 1.61. The fourth-order valence-electron chi connectivity index (χ4n) is 1.62. The maximum absolute atomic E-state index is 12.3. The van der Waals surface area contributed by atoms with E-state index in [9.17, 15) is 14.9 Å². The molecule has 0 saturated heterocycles. The van der Waals surface area contributed by atoms with E-state index in [-0.39, 0.29) is 28.2 Å². The quantitative estimate of drug-likeness (QED) is 0.473. The summed E-state index contributed by atoms with van der Waals surface area (Å²) in [6.45, 7) is 7.71. The molecule has 0 N–H and O–H groups in total. The van der Waals surface area contributed by atoms with E-state index < -0.39 is 4.92 Å². The molecule has 1 aromatic carbocycles. The number of halogens is 1. The van der Waals surface area contributed by atoms with Crippen molar-refractivity contribution in [3.05, 3.63) is 51.6 Å². The second-order valence-corrected chi connectivity index (χ2v) is 4.67. The predicted molar refractivity (Wildman–Crippen MR) is 74.5 cm³/mol. The number of carbonyl (C=O) groups excluding carboxylic acids is 1. The first kappa shape index (κ1) is 15.2. The number of nitrogens with zero attached hydrogens (tertiary/aromatic N) is 2. The van der Waals surface area contributed by atoms with Crippen molar-refractivity contribution in [1.82, 2.24) is 4.90 Å². The van der Waals surface area contributed by atoms with Crippen LogP contribution in [0.3, 0.4) is 0 Å². The Bertz CT molecular complexity index is 515. The summed E-state index contributed by atoms with van der Waals surface area (Å²) in [4.78, 5) is 24.0. The fraction of sp³-hybridized carbons (Fsp3) is 0.308. The van der Waals surface area contributed by atoms with Crippen molar-refractivity contribution >= 4 is 23.2 Å².